The molecule has 0 aromatic heterocycles. The number of anilines is 1. The third-order valence-electron chi connectivity index (χ3n) is 3.74. The lowest BCUT2D eigenvalue weighted by atomic mass is 10.00. The van der Waals surface area contributed by atoms with E-state index in [2.05, 4.69) is 31.2 Å². The van der Waals surface area contributed by atoms with E-state index in [-0.39, 0.29) is 0 Å². The lowest BCUT2D eigenvalue weighted by Crippen LogP contribution is -2.00. The van der Waals surface area contributed by atoms with Gasteiger partial charge in [0.05, 0.1) is 0 Å². The molecule has 3 rings (SSSR count). The van der Waals surface area contributed by atoms with Crippen LogP contribution in [0.15, 0.2) is 60.7 Å². The molecule has 2 N–H and O–H groups in total. The zero-order chi connectivity index (χ0) is 14.7. The van der Waals surface area contributed by atoms with Crippen molar-refractivity contribution in [2.24, 2.45) is 0 Å². The molecule has 0 atom stereocenters. The fourth-order valence-corrected chi connectivity index (χ4v) is 2.67. The normalized spacial score (nSPS) is 10.7. The maximum atomic E-state index is 6.19. The summed E-state index contributed by atoms with van der Waals surface area (Å²) in [6.07, 6.45) is 0.922. The predicted octanol–water partition coefficient (Wildman–Crippen LogP) is 4.56. The monoisotopic (exact) mass is 277 g/mol. The minimum absolute atomic E-state index is 0.551. The minimum Gasteiger partial charge on any atom is -0.488 e. The fourth-order valence-electron chi connectivity index (χ4n) is 2.67. The van der Waals surface area contributed by atoms with Crippen molar-refractivity contribution >= 4 is 16.5 Å². The lowest BCUT2D eigenvalue weighted by Gasteiger charge is -2.14. The standard InChI is InChI=1S/C19H19NO/c1-2-15-16-10-6-7-11-17(16)19(12-18(15)20)21-13-14-8-4-3-5-9-14/h3-12H,2,13,20H2,1H3. The molecule has 0 bridgehead atoms. The Balaban J connectivity index is 1.99. The van der Waals surface area contributed by atoms with E-state index in [1.54, 1.807) is 0 Å². The Morgan fingerprint density at radius 1 is 0.905 bits per heavy atom. The number of ether oxygens (including phenoxy) is 1. The van der Waals surface area contributed by atoms with Crippen LogP contribution in [-0.2, 0) is 13.0 Å². The minimum atomic E-state index is 0.551. The molecule has 0 heterocycles. The van der Waals surface area contributed by atoms with E-state index in [1.807, 2.05) is 36.4 Å². The van der Waals surface area contributed by atoms with Gasteiger partial charge in [-0.2, -0.15) is 0 Å². The predicted molar refractivity (Wildman–Crippen MR) is 88.5 cm³/mol. The molecule has 0 aliphatic carbocycles. The van der Waals surface area contributed by atoms with E-state index in [9.17, 15) is 0 Å². The van der Waals surface area contributed by atoms with Crippen molar-refractivity contribution in [1.29, 1.82) is 0 Å². The largest absolute Gasteiger partial charge is 0.488 e. The number of benzene rings is 3. The first-order chi connectivity index (χ1) is 10.3. The van der Waals surface area contributed by atoms with Crippen LogP contribution in [0.2, 0.25) is 0 Å². The Morgan fingerprint density at radius 3 is 2.29 bits per heavy atom. The van der Waals surface area contributed by atoms with Gasteiger partial charge in [-0.25, -0.2) is 0 Å². The number of aryl methyl sites for hydroxylation is 1. The molecule has 2 heteroatoms. The summed E-state index contributed by atoms with van der Waals surface area (Å²) in [4.78, 5) is 0. The van der Waals surface area contributed by atoms with Gasteiger partial charge in [-0.05, 0) is 22.9 Å². The second-order valence-electron chi connectivity index (χ2n) is 5.12. The van der Waals surface area contributed by atoms with E-state index in [0.29, 0.717) is 6.61 Å². The number of hydrogen-bond donors (Lipinski definition) is 1. The summed E-state index contributed by atoms with van der Waals surface area (Å²) in [6.45, 7) is 2.68. The van der Waals surface area contributed by atoms with Crippen molar-refractivity contribution in [2.75, 3.05) is 5.73 Å². The molecule has 0 amide bonds. The summed E-state index contributed by atoms with van der Waals surface area (Å²) in [5.74, 6) is 0.851. The van der Waals surface area contributed by atoms with E-state index in [4.69, 9.17) is 10.5 Å². The average Bonchev–Trinajstić information content (AvgIpc) is 2.54. The second kappa shape index (κ2) is 5.88. The van der Waals surface area contributed by atoms with Crippen molar-refractivity contribution in [3.63, 3.8) is 0 Å². The van der Waals surface area contributed by atoms with Gasteiger partial charge in [0.2, 0.25) is 0 Å². The van der Waals surface area contributed by atoms with Gasteiger partial charge in [-0.15, -0.1) is 0 Å². The zero-order valence-electron chi connectivity index (χ0n) is 12.2. The molecule has 3 aromatic rings. The van der Waals surface area contributed by atoms with Gasteiger partial charge in [0.1, 0.15) is 12.4 Å². The van der Waals surface area contributed by atoms with Crippen LogP contribution in [0.5, 0.6) is 5.75 Å². The van der Waals surface area contributed by atoms with Crippen molar-refractivity contribution in [3.8, 4) is 5.75 Å². The first-order valence-electron chi connectivity index (χ1n) is 7.26. The molecule has 21 heavy (non-hydrogen) atoms. The van der Waals surface area contributed by atoms with Crippen LogP contribution in [-0.4, -0.2) is 0 Å². The number of nitrogens with two attached hydrogens (primary N) is 1. The maximum absolute atomic E-state index is 6.19. The van der Waals surface area contributed by atoms with Gasteiger partial charge in [0, 0.05) is 17.1 Å². The lowest BCUT2D eigenvalue weighted by molar-refractivity contribution is 0.310. The first-order valence-corrected chi connectivity index (χ1v) is 7.26. The Labute approximate surface area is 125 Å². The number of rotatable bonds is 4. The highest BCUT2D eigenvalue weighted by Gasteiger charge is 2.09. The van der Waals surface area contributed by atoms with Gasteiger partial charge < -0.3 is 10.5 Å². The Hall–Kier alpha value is -2.48. The highest BCUT2D eigenvalue weighted by molar-refractivity contribution is 5.94. The molecule has 0 saturated heterocycles. The maximum Gasteiger partial charge on any atom is 0.129 e. The molecule has 0 radical (unpaired) electrons. The van der Waals surface area contributed by atoms with Crippen molar-refractivity contribution in [2.45, 2.75) is 20.0 Å². The molecule has 2 nitrogen and oxygen atoms in total. The molecule has 0 spiro atoms. The van der Waals surface area contributed by atoms with E-state index >= 15 is 0 Å². The molecule has 106 valence electrons. The molecular weight excluding hydrogens is 258 g/mol. The number of fused-ring (bicyclic) bond motifs is 1. The number of nitrogen functional groups attached to an aromatic ring is 1. The second-order valence-corrected chi connectivity index (χ2v) is 5.12. The van der Waals surface area contributed by atoms with Crippen molar-refractivity contribution < 1.29 is 4.74 Å². The summed E-state index contributed by atoms with van der Waals surface area (Å²) >= 11 is 0. The van der Waals surface area contributed by atoms with Crippen LogP contribution < -0.4 is 10.5 Å². The summed E-state index contributed by atoms with van der Waals surface area (Å²) in [5, 5.41) is 2.31. The molecular formula is C19H19NO. The Morgan fingerprint density at radius 2 is 1.57 bits per heavy atom. The van der Waals surface area contributed by atoms with Gasteiger partial charge in [-0.3, -0.25) is 0 Å². The van der Waals surface area contributed by atoms with Crippen LogP contribution in [0.3, 0.4) is 0 Å². The highest BCUT2D eigenvalue weighted by Crippen LogP contribution is 2.33. The van der Waals surface area contributed by atoms with Crippen LogP contribution in [0.25, 0.3) is 10.8 Å². The molecule has 0 saturated carbocycles. The smallest absolute Gasteiger partial charge is 0.129 e. The van der Waals surface area contributed by atoms with Gasteiger partial charge in [0.15, 0.2) is 0 Å². The Kier molecular flexibility index (Phi) is 3.78. The summed E-state index contributed by atoms with van der Waals surface area (Å²) in [7, 11) is 0. The molecule has 0 fully saturated rings. The highest BCUT2D eigenvalue weighted by atomic mass is 16.5. The van der Waals surface area contributed by atoms with Crippen molar-refractivity contribution in [3.05, 3.63) is 71.8 Å². The SMILES string of the molecule is CCc1c(N)cc(OCc2ccccc2)c2ccccc12. The summed E-state index contributed by atoms with van der Waals surface area (Å²) in [6, 6.07) is 20.4. The molecule has 0 aliphatic heterocycles. The number of hydrogen-bond acceptors (Lipinski definition) is 2. The average molecular weight is 277 g/mol. The summed E-state index contributed by atoms with van der Waals surface area (Å²) in [5.41, 5.74) is 9.34. The topological polar surface area (TPSA) is 35.2 Å². The third-order valence-corrected chi connectivity index (χ3v) is 3.74. The van der Waals surface area contributed by atoms with Gasteiger partial charge in [-0.1, -0.05) is 61.5 Å². The zero-order valence-corrected chi connectivity index (χ0v) is 12.2. The third kappa shape index (κ3) is 2.70. The van der Waals surface area contributed by atoms with Gasteiger partial charge in [0.25, 0.3) is 0 Å². The van der Waals surface area contributed by atoms with Crippen LogP contribution in [0.1, 0.15) is 18.1 Å². The van der Waals surface area contributed by atoms with E-state index in [0.717, 1.165) is 28.8 Å². The van der Waals surface area contributed by atoms with Crippen LogP contribution in [0.4, 0.5) is 5.69 Å². The quantitative estimate of drug-likeness (QED) is 0.709. The first kappa shape index (κ1) is 13.5. The van der Waals surface area contributed by atoms with Crippen LogP contribution in [0, 0.1) is 0 Å². The van der Waals surface area contributed by atoms with E-state index < -0.39 is 0 Å². The molecule has 0 aliphatic rings. The van der Waals surface area contributed by atoms with Crippen molar-refractivity contribution in [1.82, 2.24) is 0 Å². The Bertz CT molecular complexity index is 750. The van der Waals surface area contributed by atoms with E-state index in [1.165, 1.54) is 10.9 Å². The van der Waals surface area contributed by atoms with Crippen LogP contribution >= 0.6 is 0 Å². The summed E-state index contributed by atoms with van der Waals surface area (Å²) < 4.78 is 6.01. The van der Waals surface area contributed by atoms with Gasteiger partial charge >= 0.3 is 0 Å². The fraction of sp³-hybridized carbons (Fsp3) is 0.158. The molecule has 3 aromatic carbocycles. The molecule has 0 unspecified atom stereocenters.